The topological polar surface area (TPSA) is 62.8 Å². The summed E-state index contributed by atoms with van der Waals surface area (Å²) in [4.78, 5) is 14.4. The van der Waals surface area contributed by atoms with Gasteiger partial charge in [-0.15, -0.1) is 0 Å². The van der Waals surface area contributed by atoms with E-state index in [-0.39, 0.29) is 23.6 Å². The minimum absolute atomic E-state index is 0.0146. The lowest BCUT2D eigenvalue weighted by molar-refractivity contribution is -0.140. The van der Waals surface area contributed by atoms with Crippen LogP contribution in [-0.2, 0) is 9.47 Å². The van der Waals surface area contributed by atoms with E-state index in [0.717, 1.165) is 39.3 Å². The molecular weight excluding hydrogens is 282 g/mol. The van der Waals surface area contributed by atoms with Crippen LogP contribution in [0.4, 0.5) is 4.79 Å². The van der Waals surface area contributed by atoms with Crippen LogP contribution in [0.5, 0.6) is 0 Å². The fraction of sp³-hybridized carbons (Fsp3) is 0.938. The van der Waals surface area contributed by atoms with Gasteiger partial charge in [0.2, 0.25) is 0 Å². The lowest BCUT2D eigenvalue weighted by Crippen LogP contribution is -2.68. The fourth-order valence-corrected chi connectivity index (χ4v) is 3.95. The van der Waals surface area contributed by atoms with Crippen LogP contribution in [-0.4, -0.2) is 69.6 Å². The molecule has 6 nitrogen and oxygen atoms in total. The second-order valence-corrected chi connectivity index (χ2v) is 7.02. The molecule has 1 aliphatic heterocycles. The normalized spacial score (nSPS) is 31.4. The number of carbonyl (C=O) groups is 1. The highest BCUT2D eigenvalue weighted by Gasteiger charge is 2.55. The first-order chi connectivity index (χ1) is 10.5. The summed E-state index contributed by atoms with van der Waals surface area (Å²) in [6.45, 7) is 11.8. The van der Waals surface area contributed by atoms with Crippen molar-refractivity contribution in [3.8, 4) is 0 Å². The summed E-state index contributed by atoms with van der Waals surface area (Å²) in [5.41, 5.74) is -0.0146. The second-order valence-electron chi connectivity index (χ2n) is 7.02. The molecule has 0 unspecified atom stereocenters. The summed E-state index contributed by atoms with van der Waals surface area (Å²) in [6.07, 6.45) is 1.18. The van der Waals surface area contributed by atoms with Gasteiger partial charge >= 0.3 is 6.03 Å². The molecule has 1 aliphatic carbocycles. The Morgan fingerprint density at radius 2 is 2.05 bits per heavy atom. The molecule has 0 radical (unpaired) electrons. The number of nitrogens with one attached hydrogen (secondary N) is 2. The van der Waals surface area contributed by atoms with E-state index in [9.17, 15) is 4.79 Å². The van der Waals surface area contributed by atoms with Crippen molar-refractivity contribution < 1.29 is 14.3 Å². The molecule has 2 amide bonds. The Bertz CT molecular complexity index is 370. The molecule has 0 bridgehead atoms. The molecule has 1 heterocycles. The van der Waals surface area contributed by atoms with E-state index in [4.69, 9.17) is 9.47 Å². The molecule has 2 fully saturated rings. The molecule has 3 atom stereocenters. The van der Waals surface area contributed by atoms with E-state index >= 15 is 0 Å². The third-order valence-corrected chi connectivity index (χ3v) is 5.12. The van der Waals surface area contributed by atoms with Gasteiger partial charge in [-0.1, -0.05) is 20.8 Å². The Labute approximate surface area is 133 Å². The monoisotopic (exact) mass is 313 g/mol. The smallest absolute Gasteiger partial charge is 0.315 e. The largest absolute Gasteiger partial charge is 0.380 e. The van der Waals surface area contributed by atoms with Crippen LogP contribution in [0.3, 0.4) is 0 Å². The molecule has 0 aromatic carbocycles. The first kappa shape index (κ1) is 17.5. The van der Waals surface area contributed by atoms with Crippen LogP contribution in [0.2, 0.25) is 0 Å². The molecule has 0 aromatic rings. The highest BCUT2D eigenvalue weighted by Crippen LogP contribution is 2.46. The Morgan fingerprint density at radius 1 is 1.36 bits per heavy atom. The molecule has 1 saturated heterocycles. The molecule has 0 aromatic heterocycles. The molecule has 128 valence electrons. The number of ether oxygens (including phenoxy) is 2. The predicted octanol–water partition coefficient (Wildman–Crippen LogP) is 1.07. The maximum absolute atomic E-state index is 12.0. The van der Waals surface area contributed by atoms with Crippen molar-refractivity contribution in [1.29, 1.82) is 0 Å². The summed E-state index contributed by atoms with van der Waals surface area (Å²) >= 11 is 0. The zero-order valence-corrected chi connectivity index (χ0v) is 14.4. The van der Waals surface area contributed by atoms with Crippen molar-refractivity contribution in [3.05, 3.63) is 0 Å². The van der Waals surface area contributed by atoms with Crippen molar-refractivity contribution in [1.82, 2.24) is 15.5 Å². The van der Waals surface area contributed by atoms with Crippen LogP contribution in [0.1, 0.15) is 27.2 Å². The van der Waals surface area contributed by atoms with E-state index in [0.29, 0.717) is 12.5 Å². The highest BCUT2D eigenvalue weighted by atomic mass is 16.5. The van der Waals surface area contributed by atoms with E-state index in [1.807, 2.05) is 0 Å². The fourth-order valence-electron chi connectivity index (χ4n) is 3.95. The van der Waals surface area contributed by atoms with Crippen LogP contribution < -0.4 is 10.6 Å². The minimum atomic E-state index is -0.0681. The number of hydrogen-bond acceptors (Lipinski definition) is 4. The van der Waals surface area contributed by atoms with Crippen molar-refractivity contribution in [2.24, 2.45) is 11.3 Å². The number of morpholine rings is 1. The number of methoxy groups -OCH3 is 1. The lowest BCUT2D eigenvalue weighted by Gasteiger charge is -2.56. The van der Waals surface area contributed by atoms with Crippen molar-refractivity contribution in [2.75, 3.05) is 46.5 Å². The summed E-state index contributed by atoms with van der Waals surface area (Å²) < 4.78 is 10.8. The molecular formula is C16H31N3O3. The van der Waals surface area contributed by atoms with Gasteiger partial charge in [-0.2, -0.15) is 0 Å². The molecule has 22 heavy (non-hydrogen) atoms. The van der Waals surface area contributed by atoms with Gasteiger partial charge in [0.15, 0.2) is 0 Å². The summed E-state index contributed by atoms with van der Waals surface area (Å²) in [5, 5.41) is 6.06. The van der Waals surface area contributed by atoms with E-state index < -0.39 is 0 Å². The first-order valence-corrected chi connectivity index (χ1v) is 8.34. The summed E-state index contributed by atoms with van der Waals surface area (Å²) in [5.74, 6) is 0.346. The van der Waals surface area contributed by atoms with Gasteiger partial charge in [-0.25, -0.2) is 4.79 Å². The SMILES string of the molecule is CO[C@@H]1[C@@H](C)[C@@H](NC(=O)NCCCN2CCOCC2)C1(C)C. The van der Waals surface area contributed by atoms with Crippen LogP contribution >= 0.6 is 0 Å². The van der Waals surface area contributed by atoms with Gasteiger partial charge in [0.1, 0.15) is 0 Å². The van der Waals surface area contributed by atoms with Crippen molar-refractivity contribution >= 4 is 6.03 Å². The van der Waals surface area contributed by atoms with Crippen LogP contribution in [0.15, 0.2) is 0 Å². The molecule has 2 aliphatic rings. The molecule has 0 spiro atoms. The Hall–Kier alpha value is -0.850. The third kappa shape index (κ3) is 3.91. The van der Waals surface area contributed by atoms with Gasteiger partial charge in [0, 0.05) is 44.1 Å². The Kier molecular flexibility index (Phi) is 6.06. The maximum atomic E-state index is 12.0. The quantitative estimate of drug-likeness (QED) is 0.720. The van der Waals surface area contributed by atoms with E-state index in [1.54, 1.807) is 7.11 Å². The number of carbonyl (C=O) groups excluding carboxylic acids is 1. The van der Waals surface area contributed by atoms with Crippen LogP contribution in [0.25, 0.3) is 0 Å². The Balaban J connectivity index is 1.62. The number of rotatable bonds is 6. The van der Waals surface area contributed by atoms with Crippen molar-refractivity contribution in [2.45, 2.75) is 39.3 Å². The zero-order valence-electron chi connectivity index (χ0n) is 14.4. The number of urea groups is 1. The van der Waals surface area contributed by atoms with Crippen molar-refractivity contribution in [3.63, 3.8) is 0 Å². The molecule has 1 saturated carbocycles. The maximum Gasteiger partial charge on any atom is 0.315 e. The van der Waals surface area contributed by atoms with Gasteiger partial charge < -0.3 is 20.1 Å². The van der Waals surface area contributed by atoms with Gasteiger partial charge in [-0.3, -0.25) is 4.90 Å². The van der Waals surface area contributed by atoms with Gasteiger partial charge in [0.05, 0.1) is 19.3 Å². The Morgan fingerprint density at radius 3 is 2.64 bits per heavy atom. The highest BCUT2D eigenvalue weighted by molar-refractivity contribution is 5.74. The molecule has 2 N–H and O–H groups in total. The number of nitrogens with zero attached hydrogens (tertiary/aromatic N) is 1. The minimum Gasteiger partial charge on any atom is -0.380 e. The number of hydrogen-bond donors (Lipinski definition) is 2. The average Bonchev–Trinajstić information content (AvgIpc) is 2.50. The molecule has 2 rings (SSSR count). The summed E-state index contributed by atoms with van der Waals surface area (Å²) in [7, 11) is 1.74. The first-order valence-electron chi connectivity index (χ1n) is 8.34. The summed E-state index contributed by atoms with van der Waals surface area (Å²) in [6, 6.07) is 0.0955. The number of amides is 2. The molecule has 6 heteroatoms. The van der Waals surface area contributed by atoms with E-state index in [2.05, 4.69) is 36.3 Å². The third-order valence-electron chi connectivity index (χ3n) is 5.12. The zero-order chi connectivity index (χ0) is 16.2. The van der Waals surface area contributed by atoms with Gasteiger partial charge in [-0.05, 0) is 13.0 Å². The van der Waals surface area contributed by atoms with Crippen LogP contribution in [0, 0.1) is 11.3 Å². The second kappa shape index (κ2) is 7.62. The predicted molar refractivity (Wildman–Crippen MR) is 85.9 cm³/mol. The average molecular weight is 313 g/mol. The van der Waals surface area contributed by atoms with Gasteiger partial charge in [0.25, 0.3) is 0 Å². The standard InChI is InChI=1S/C16H31N3O3/c1-12-13(16(2,3)14(12)21-4)18-15(20)17-6-5-7-19-8-10-22-11-9-19/h12-14H,5-11H2,1-4H3,(H2,17,18,20)/t12-,13+,14+/m0/s1. The van der Waals surface area contributed by atoms with E-state index in [1.165, 1.54) is 0 Å². The lowest BCUT2D eigenvalue weighted by atomic mass is 9.58.